The quantitative estimate of drug-likeness (QED) is 0.707. The second kappa shape index (κ2) is 7.36. The Bertz CT molecular complexity index is 968. The van der Waals surface area contributed by atoms with Gasteiger partial charge in [-0.25, -0.2) is 4.68 Å². The minimum Gasteiger partial charge on any atom is -0.332 e. The fraction of sp³-hybridized carbons (Fsp3) is 0.300. The van der Waals surface area contributed by atoms with Crippen LogP contribution in [-0.2, 0) is 6.54 Å². The number of carbonyl (C=O) groups excluding carboxylic acids is 1. The lowest BCUT2D eigenvalue weighted by atomic mass is 10.0. The van der Waals surface area contributed by atoms with E-state index in [1.807, 2.05) is 49.9 Å². The van der Waals surface area contributed by atoms with E-state index in [-0.39, 0.29) is 11.9 Å². The van der Waals surface area contributed by atoms with E-state index in [0.29, 0.717) is 17.7 Å². The van der Waals surface area contributed by atoms with Crippen molar-refractivity contribution in [3.63, 3.8) is 0 Å². The molecule has 3 aromatic rings. The molecule has 1 unspecified atom stereocenters. The summed E-state index contributed by atoms with van der Waals surface area (Å²) in [4.78, 5) is 14.9. The normalized spacial score (nSPS) is 11.9. The standard InChI is InChI=1S/C20H21N5O/c1-4-24(14(3)16-8-6-15(13-21)7-9-16)20(26)17-10-11-19-18(12-17)22-23-25(19)5-2/h6-12,14H,4-5H2,1-3H3. The molecule has 0 spiro atoms. The van der Waals surface area contributed by atoms with Crippen molar-refractivity contribution in [2.45, 2.75) is 33.4 Å². The van der Waals surface area contributed by atoms with Gasteiger partial charge in [0.25, 0.3) is 5.91 Å². The number of aromatic nitrogens is 3. The number of hydrogen-bond acceptors (Lipinski definition) is 4. The highest BCUT2D eigenvalue weighted by atomic mass is 16.2. The molecule has 0 aliphatic heterocycles. The number of nitrogens with zero attached hydrogens (tertiary/aromatic N) is 5. The van der Waals surface area contributed by atoms with E-state index in [4.69, 9.17) is 5.26 Å². The minimum absolute atomic E-state index is 0.0442. The molecule has 26 heavy (non-hydrogen) atoms. The summed E-state index contributed by atoms with van der Waals surface area (Å²) >= 11 is 0. The fourth-order valence-electron chi connectivity index (χ4n) is 3.11. The first-order valence-corrected chi connectivity index (χ1v) is 8.73. The Morgan fingerprint density at radius 2 is 1.96 bits per heavy atom. The van der Waals surface area contributed by atoms with Crippen molar-refractivity contribution in [2.24, 2.45) is 0 Å². The van der Waals surface area contributed by atoms with E-state index < -0.39 is 0 Å². The number of rotatable bonds is 5. The van der Waals surface area contributed by atoms with Gasteiger partial charge in [0.05, 0.1) is 23.2 Å². The Labute approximate surface area is 152 Å². The Morgan fingerprint density at radius 1 is 1.23 bits per heavy atom. The second-order valence-electron chi connectivity index (χ2n) is 6.11. The molecule has 0 N–H and O–H groups in total. The van der Waals surface area contributed by atoms with Gasteiger partial charge in [-0.05, 0) is 56.7 Å². The average molecular weight is 347 g/mol. The third kappa shape index (κ3) is 3.16. The molecule has 0 aliphatic carbocycles. The maximum Gasteiger partial charge on any atom is 0.254 e. The molecule has 0 saturated carbocycles. The largest absolute Gasteiger partial charge is 0.332 e. The third-order valence-corrected chi connectivity index (χ3v) is 4.65. The van der Waals surface area contributed by atoms with Crippen LogP contribution in [-0.4, -0.2) is 32.3 Å². The number of fused-ring (bicyclic) bond motifs is 1. The van der Waals surface area contributed by atoms with Crippen molar-refractivity contribution in [1.29, 1.82) is 5.26 Å². The van der Waals surface area contributed by atoms with Gasteiger partial charge in [-0.3, -0.25) is 4.79 Å². The monoisotopic (exact) mass is 347 g/mol. The average Bonchev–Trinajstić information content (AvgIpc) is 3.10. The molecule has 0 bridgehead atoms. The molecule has 1 atom stereocenters. The summed E-state index contributed by atoms with van der Waals surface area (Å²) in [5.74, 6) is -0.0442. The summed E-state index contributed by atoms with van der Waals surface area (Å²) in [6.45, 7) is 7.28. The molecule has 0 fully saturated rings. The van der Waals surface area contributed by atoms with E-state index >= 15 is 0 Å². The third-order valence-electron chi connectivity index (χ3n) is 4.65. The molecular weight excluding hydrogens is 326 g/mol. The van der Waals surface area contributed by atoms with Crippen LogP contribution >= 0.6 is 0 Å². The van der Waals surface area contributed by atoms with Crippen LogP contribution in [0.3, 0.4) is 0 Å². The van der Waals surface area contributed by atoms with Crippen LogP contribution in [0.5, 0.6) is 0 Å². The predicted octanol–water partition coefficient (Wildman–Crippen LogP) is 3.55. The predicted molar refractivity (Wildman–Crippen MR) is 99.5 cm³/mol. The van der Waals surface area contributed by atoms with Crippen LogP contribution in [0.25, 0.3) is 11.0 Å². The fourth-order valence-corrected chi connectivity index (χ4v) is 3.11. The van der Waals surface area contributed by atoms with Gasteiger partial charge in [-0.1, -0.05) is 17.3 Å². The van der Waals surface area contributed by atoms with Crippen molar-refractivity contribution < 1.29 is 4.79 Å². The molecule has 0 saturated heterocycles. The van der Waals surface area contributed by atoms with Crippen LogP contribution in [0, 0.1) is 11.3 Å². The zero-order chi connectivity index (χ0) is 18.7. The van der Waals surface area contributed by atoms with Gasteiger partial charge in [0.15, 0.2) is 0 Å². The first-order chi connectivity index (χ1) is 12.6. The van der Waals surface area contributed by atoms with Crippen LogP contribution in [0.1, 0.15) is 48.3 Å². The van der Waals surface area contributed by atoms with Crippen molar-refractivity contribution in [3.8, 4) is 6.07 Å². The Morgan fingerprint density at radius 3 is 2.58 bits per heavy atom. The van der Waals surface area contributed by atoms with E-state index in [9.17, 15) is 4.79 Å². The number of carbonyl (C=O) groups is 1. The molecule has 3 rings (SSSR count). The highest BCUT2D eigenvalue weighted by molar-refractivity contribution is 5.97. The zero-order valence-corrected chi connectivity index (χ0v) is 15.2. The lowest BCUT2D eigenvalue weighted by Gasteiger charge is -2.28. The second-order valence-corrected chi connectivity index (χ2v) is 6.11. The van der Waals surface area contributed by atoms with Crippen LogP contribution < -0.4 is 0 Å². The molecule has 0 radical (unpaired) electrons. The number of hydrogen-bond donors (Lipinski definition) is 0. The maximum atomic E-state index is 13.1. The minimum atomic E-state index is -0.0951. The van der Waals surface area contributed by atoms with E-state index in [1.165, 1.54) is 0 Å². The van der Waals surface area contributed by atoms with E-state index in [1.54, 1.807) is 22.9 Å². The maximum absolute atomic E-state index is 13.1. The van der Waals surface area contributed by atoms with Crippen molar-refractivity contribution >= 4 is 16.9 Å². The molecule has 1 amide bonds. The lowest BCUT2D eigenvalue weighted by molar-refractivity contribution is 0.0702. The van der Waals surface area contributed by atoms with Gasteiger partial charge in [-0.2, -0.15) is 5.26 Å². The molecule has 2 aromatic carbocycles. The highest BCUT2D eigenvalue weighted by Crippen LogP contribution is 2.23. The Balaban J connectivity index is 1.89. The Kier molecular flexibility index (Phi) is 4.99. The number of benzene rings is 2. The SMILES string of the molecule is CCN(C(=O)c1ccc2c(c1)nnn2CC)C(C)c1ccc(C#N)cc1. The number of nitriles is 1. The van der Waals surface area contributed by atoms with Gasteiger partial charge in [0, 0.05) is 18.7 Å². The first kappa shape index (κ1) is 17.6. The van der Waals surface area contributed by atoms with Gasteiger partial charge >= 0.3 is 0 Å². The summed E-state index contributed by atoms with van der Waals surface area (Å²) in [7, 11) is 0. The molecule has 132 valence electrons. The van der Waals surface area contributed by atoms with Crippen molar-refractivity contribution in [3.05, 3.63) is 59.2 Å². The molecular formula is C20H21N5O. The van der Waals surface area contributed by atoms with Gasteiger partial charge in [-0.15, -0.1) is 5.10 Å². The summed E-state index contributed by atoms with van der Waals surface area (Å²) in [5.41, 5.74) is 3.85. The molecule has 6 heteroatoms. The molecule has 6 nitrogen and oxygen atoms in total. The Hall–Kier alpha value is -3.20. The highest BCUT2D eigenvalue weighted by Gasteiger charge is 2.22. The smallest absolute Gasteiger partial charge is 0.254 e. The van der Waals surface area contributed by atoms with Crippen LogP contribution in [0.15, 0.2) is 42.5 Å². The first-order valence-electron chi connectivity index (χ1n) is 8.73. The van der Waals surface area contributed by atoms with Gasteiger partial charge in [0.2, 0.25) is 0 Å². The zero-order valence-electron chi connectivity index (χ0n) is 15.2. The summed E-state index contributed by atoms with van der Waals surface area (Å²) in [6, 6.07) is 14.9. The van der Waals surface area contributed by atoms with Crippen LogP contribution in [0.4, 0.5) is 0 Å². The lowest BCUT2D eigenvalue weighted by Crippen LogP contribution is -2.33. The van der Waals surface area contributed by atoms with Crippen molar-refractivity contribution in [2.75, 3.05) is 6.54 Å². The summed E-state index contributed by atoms with van der Waals surface area (Å²) in [5, 5.41) is 17.2. The summed E-state index contributed by atoms with van der Waals surface area (Å²) < 4.78 is 1.81. The number of amides is 1. The van der Waals surface area contributed by atoms with Gasteiger partial charge < -0.3 is 4.90 Å². The van der Waals surface area contributed by atoms with E-state index in [2.05, 4.69) is 16.4 Å². The molecule has 1 heterocycles. The summed E-state index contributed by atoms with van der Waals surface area (Å²) in [6.07, 6.45) is 0. The van der Waals surface area contributed by atoms with Crippen LogP contribution in [0.2, 0.25) is 0 Å². The molecule has 1 aromatic heterocycles. The van der Waals surface area contributed by atoms with Gasteiger partial charge in [0.1, 0.15) is 5.52 Å². The van der Waals surface area contributed by atoms with E-state index in [0.717, 1.165) is 23.1 Å². The van der Waals surface area contributed by atoms with Crippen molar-refractivity contribution in [1.82, 2.24) is 19.9 Å². The molecule has 0 aliphatic rings. The topological polar surface area (TPSA) is 74.8 Å². The number of aryl methyl sites for hydroxylation is 1.